The van der Waals surface area contributed by atoms with E-state index in [1.165, 1.54) is 27.0 Å². The molecule has 0 N–H and O–H groups in total. The van der Waals surface area contributed by atoms with E-state index in [9.17, 15) is 0 Å². The van der Waals surface area contributed by atoms with Crippen LogP contribution in [0.15, 0.2) is 115 Å². The lowest BCUT2D eigenvalue weighted by Crippen LogP contribution is -3.00. The molecule has 0 amide bonds. The minimum atomic E-state index is -1.81. The molecule has 0 unspecified atom stereocenters. The second-order valence-electron chi connectivity index (χ2n) is 7.87. The molecule has 0 radical (unpaired) electrons. The highest BCUT2D eigenvalue weighted by Gasteiger charge is 2.45. The SMILES string of the molecule is CC(C)c1ccc(C[P+](c2ccccc2)(c2ccccc2)c2ccccc2)cc1.[Cl-]. The zero-order chi connectivity index (χ0) is 20.1. The van der Waals surface area contributed by atoms with Crippen molar-refractivity contribution in [2.45, 2.75) is 25.9 Å². The van der Waals surface area contributed by atoms with Crippen molar-refractivity contribution in [3.63, 3.8) is 0 Å². The second-order valence-corrected chi connectivity index (χ2v) is 11.4. The number of hydrogen-bond donors (Lipinski definition) is 0. The lowest BCUT2D eigenvalue weighted by molar-refractivity contribution is -0.00000581. The summed E-state index contributed by atoms with van der Waals surface area (Å²) in [4.78, 5) is 0. The smallest absolute Gasteiger partial charge is 0.116 e. The Hall–Kier alpha value is -2.40. The maximum atomic E-state index is 2.33. The van der Waals surface area contributed by atoms with Gasteiger partial charge in [-0.1, -0.05) is 92.7 Å². The molecule has 0 aliphatic carbocycles. The number of hydrogen-bond acceptors (Lipinski definition) is 0. The molecule has 0 spiro atoms. The van der Waals surface area contributed by atoms with E-state index in [1.54, 1.807) is 0 Å². The molecule has 0 aliphatic rings. The molecule has 0 atom stereocenters. The zero-order valence-corrected chi connectivity index (χ0v) is 19.2. The Bertz CT molecular complexity index is 930. The summed E-state index contributed by atoms with van der Waals surface area (Å²) in [6.07, 6.45) is 1.03. The van der Waals surface area contributed by atoms with Crippen molar-refractivity contribution in [2.24, 2.45) is 0 Å². The van der Waals surface area contributed by atoms with Crippen molar-refractivity contribution in [2.75, 3.05) is 0 Å². The Morgan fingerprint density at radius 1 is 0.533 bits per heavy atom. The summed E-state index contributed by atoms with van der Waals surface area (Å²) < 4.78 is 0. The summed E-state index contributed by atoms with van der Waals surface area (Å²) >= 11 is 0. The molecule has 152 valence electrons. The number of halogens is 1. The van der Waals surface area contributed by atoms with Gasteiger partial charge in [0.25, 0.3) is 0 Å². The molecule has 0 saturated heterocycles. The highest BCUT2D eigenvalue weighted by Crippen LogP contribution is 2.58. The van der Waals surface area contributed by atoms with Crippen molar-refractivity contribution in [1.29, 1.82) is 0 Å². The van der Waals surface area contributed by atoms with E-state index in [-0.39, 0.29) is 12.4 Å². The third kappa shape index (κ3) is 4.51. The van der Waals surface area contributed by atoms with E-state index in [0.717, 1.165) is 6.16 Å². The molecule has 30 heavy (non-hydrogen) atoms. The Morgan fingerprint density at radius 3 is 1.23 bits per heavy atom. The fourth-order valence-electron chi connectivity index (χ4n) is 4.05. The highest BCUT2D eigenvalue weighted by molar-refractivity contribution is 7.95. The van der Waals surface area contributed by atoms with Crippen molar-refractivity contribution >= 4 is 23.2 Å². The van der Waals surface area contributed by atoms with Crippen LogP contribution in [0.1, 0.15) is 30.9 Å². The summed E-state index contributed by atoms with van der Waals surface area (Å²) in [5, 5.41) is 4.31. The first kappa shape index (κ1) is 22.3. The van der Waals surface area contributed by atoms with E-state index in [0.29, 0.717) is 5.92 Å². The van der Waals surface area contributed by atoms with Crippen LogP contribution >= 0.6 is 7.26 Å². The normalized spacial score (nSPS) is 11.2. The topological polar surface area (TPSA) is 0 Å². The highest BCUT2D eigenvalue weighted by atomic mass is 35.5. The maximum absolute atomic E-state index is 2.33. The van der Waals surface area contributed by atoms with Gasteiger partial charge in [0.2, 0.25) is 0 Å². The average molecular weight is 431 g/mol. The minimum Gasteiger partial charge on any atom is -1.00 e. The molecule has 0 fully saturated rings. The van der Waals surface area contributed by atoms with Crippen molar-refractivity contribution in [1.82, 2.24) is 0 Å². The number of rotatable bonds is 6. The van der Waals surface area contributed by atoms with Crippen LogP contribution < -0.4 is 28.3 Å². The van der Waals surface area contributed by atoms with Gasteiger partial charge < -0.3 is 12.4 Å². The molecule has 4 aromatic rings. The lowest BCUT2D eigenvalue weighted by atomic mass is 10.0. The van der Waals surface area contributed by atoms with E-state index < -0.39 is 7.26 Å². The Kier molecular flexibility index (Phi) is 7.48. The fourth-order valence-corrected chi connectivity index (χ4v) is 8.29. The van der Waals surface area contributed by atoms with Crippen LogP contribution in [0.3, 0.4) is 0 Å². The second kappa shape index (κ2) is 10.1. The molecule has 2 heteroatoms. The van der Waals surface area contributed by atoms with Gasteiger partial charge in [-0.25, -0.2) is 0 Å². The number of benzene rings is 4. The average Bonchev–Trinajstić information content (AvgIpc) is 2.79. The van der Waals surface area contributed by atoms with Crippen molar-refractivity contribution in [3.05, 3.63) is 126 Å². The van der Waals surface area contributed by atoms with Crippen molar-refractivity contribution in [3.8, 4) is 0 Å². The largest absolute Gasteiger partial charge is 1.00 e. The Morgan fingerprint density at radius 2 is 0.900 bits per heavy atom. The predicted molar refractivity (Wildman–Crippen MR) is 129 cm³/mol. The van der Waals surface area contributed by atoms with Gasteiger partial charge >= 0.3 is 0 Å². The van der Waals surface area contributed by atoms with Crippen LogP contribution in [0.2, 0.25) is 0 Å². The maximum Gasteiger partial charge on any atom is 0.116 e. The third-order valence-electron chi connectivity index (χ3n) is 5.66. The molecule has 0 aromatic heterocycles. The molecular weight excluding hydrogens is 403 g/mol. The van der Waals surface area contributed by atoms with Crippen LogP contribution in [0.5, 0.6) is 0 Å². The zero-order valence-electron chi connectivity index (χ0n) is 17.6. The third-order valence-corrected chi connectivity index (χ3v) is 10.0. The van der Waals surface area contributed by atoms with Crippen molar-refractivity contribution < 1.29 is 12.4 Å². The summed E-state index contributed by atoms with van der Waals surface area (Å²) in [6.45, 7) is 4.51. The molecule has 4 aromatic carbocycles. The van der Waals surface area contributed by atoms with Crippen LogP contribution in [-0.4, -0.2) is 0 Å². The molecule has 0 saturated carbocycles. The van der Waals surface area contributed by atoms with Gasteiger partial charge in [0.15, 0.2) is 0 Å². The van der Waals surface area contributed by atoms with Crippen LogP contribution in [0.4, 0.5) is 0 Å². The minimum absolute atomic E-state index is 0. The van der Waals surface area contributed by atoms with Gasteiger partial charge in [-0.15, -0.1) is 0 Å². The molecular formula is C28H28ClP. The summed E-state index contributed by atoms with van der Waals surface area (Å²) in [5.41, 5.74) is 2.80. The van der Waals surface area contributed by atoms with E-state index >= 15 is 0 Å². The van der Waals surface area contributed by atoms with Gasteiger partial charge in [0.05, 0.1) is 6.16 Å². The summed E-state index contributed by atoms with van der Waals surface area (Å²) in [5.74, 6) is 0.556. The van der Waals surface area contributed by atoms with E-state index in [4.69, 9.17) is 0 Å². The van der Waals surface area contributed by atoms with E-state index in [1.807, 2.05) is 0 Å². The first-order valence-corrected chi connectivity index (χ1v) is 12.3. The quantitative estimate of drug-likeness (QED) is 0.412. The van der Waals surface area contributed by atoms with Crippen LogP contribution in [0.25, 0.3) is 0 Å². The molecule has 0 bridgehead atoms. The monoisotopic (exact) mass is 430 g/mol. The Labute approximate surface area is 187 Å². The molecule has 4 rings (SSSR count). The van der Waals surface area contributed by atoms with Gasteiger partial charge in [-0.05, 0) is 53.4 Å². The van der Waals surface area contributed by atoms with Crippen LogP contribution in [-0.2, 0) is 6.16 Å². The summed E-state index contributed by atoms with van der Waals surface area (Å²) in [6, 6.07) is 42.6. The van der Waals surface area contributed by atoms with Gasteiger partial charge in [-0.3, -0.25) is 0 Å². The van der Waals surface area contributed by atoms with E-state index in [2.05, 4.69) is 129 Å². The Balaban J connectivity index is 0.00000256. The predicted octanol–water partition coefficient (Wildman–Crippen LogP) is 3.31. The summed E-state index contributed by atoms with van der Waals surface area (Å²) in [7, 11) is -1.81. The fraction of sp³-hybridized carbons (Fsp3) is 0.143. The molecule has 0 nitrogen and oxygen atoms in total. The first-order valence-electron chi connectivity index (χ1n) is 10.3. The van der Waals surface area contributed by atoms with Gasteiger partial charge in [0.1, 0.15) is 23.2 Å². The lowest BCUT2D eigenvalue weighted by Gasteiger charge is -2.28. The molecule has 0 aliphatic heterocycles. The standard InChI is InChI=1S/C28H28P.ClH/c1-23(2)25-20-18-24(19-21-25)22-29(26-12-6-3-7-13-26,27-14-8-4-9-15-27)28-16-10-5-11-17-28;/h3-21,23H,22H2,1-2H3;1H/q+1;/p-1. The van der Waals surface area contributed by atoms with Gasteiger partial charge in [0, 0.05) is 0 Å². The molecule has 0 heterocycles. The first-order chi connectivity index (χ1) is 14.2. The van der Waals surface area contributed by atoms with Crippen LogP contribution in [0, 0.1) is 0 Å². The van der Waals surface area contributed by atoms with Gasteiger partial charge in [-0.2, -0.15) is 0 Å².